The standard InChI is InChI=1S/C19H21NO5/c1-23-15-6-4-5-12(19(15)22)18(20-7-2-3-8-20)13-9-16-17(10-14(13)21)25-11-24-16/h4-6,9-10,18,21-22H,2-3,7-8,11H2,1H3/p+1/t18-/m0/s1. The Hall–Kier alpha value is -2.60. The van der Waals surface area contributed by atoms with Crippen molar-refractivity contribution < 1.29 is 29.3 Å². The lowest BCUT2D eigenvalue weighted by atomic mass is 9.94. The van der Waals surface area contributed by atoms with E-state index in [2.05, 4.69) is 0 Å². The molecule has 2 aromatic rings. The SMILES string of the molecule is COc1cccc([C@@H](c2cc3c(cc2O)OCO3)[NH+]2CCCC2)c1O. The number of phenolic OH excluding ortho intramolecular Hbond substituents is 2. The second-order valence-corrected chi connectivity index (χ2v) is 6.46. The van der Waals surface area contributed by atoms with Crippen LogP contribution in [0.4, 0.5) is 0 Å². The van der Waals surface area contributed by atoms with Crippen molar-refractivity contribution in [2.24, 2.45) is 0 Å². The quantitative estimate of drug-likeness (QED) is 0.786. The van der Waals surface area contributed by atoms with Crippen LogP contribution in [-0.4, -0.2) is 37.2 Å². The van der Waals surface area contributed by atoms with Gasteiger partial charge in [-0.3, -0.25) is 0 Å². The molecule has 0 saturated carbocycles. The van der Waals surface area contributed by atoms with Crippen LogP contribution in [0.25, 0.3) is 0 Å². The zero-order chi connectivity index (χ0) is 17.4. The second kappa shape index (κ2) is 6.37. The zero-order valence-corrected chi connectivity index (χ0v) is 14.1. The lowest BCUT2D eigenvalue weighted by Gasteiger charge is -2.27. The molecule has 1 fully saturated rings. The van der Waals surface area contributed by atoms with Crippen molar-refractivity contribution in [1.82, 2.24) is 0 Å². The lowest BCUT2D eigenvalue weighted by Crippen LogP contribution is -3.10. The molecule has 0 spiro atoms. The smallest absolute Gasteiger partial charge is 0.231 e. The zero-order valence-electron chi connectivity index (χ0n) is 14.1. The van der Waals surface area contributed by atoms with Crippen molar-refractivity contribution in [2.75, 3.05) is 27.0 Å². The number of hydrogen-bond acceptors (Lipinski definition) is 5. The Balaban J connectivity index is 1.85. The van der Waals surface area contributed by atoms with Gasteiger partial charge < -0.3 is 29.3 Å². The molecule has 1 saturated heterocycles. The molecule has 2 heterocycles. The van der Waals surface area contributed by atoms with E-state index in [1.165, 1.54) is 12.0 Å². The number of phenols is 2. The third kappa shape index (κ3) is 2.72. The maximum atomic E-state index is 10.7. The van der Waals surface area contributed by atoms with E-state index < -0.39 is 0 Å². The summed E-state index contributed by atoms with van der Waals surface area (Å²) in [4.78, 5) is 1.30. The van der Waals surface area contributed by atoms with Crippen molar-refractivity contribution in [3.63, 3.8) is 0 Å². The molecule has 0 aromatic heterocycles. The third-order valence-corrected chi connectivity index (χ3v) is 5.05. The Morgan fingerprint density at radius 3 is 2.48 bits per heavy atom. The minimum absolute atomic E-state index is 0.117. The molecule has 1 atom stereocenters. The number of ether oxygens (including phenoxy) is 3. The predicted molar refractivity (Wildman–Crippen MR) is 90.7 cm³/mol. The molecule has 3 N–H and O–H groups in total. The number of rotatable bonds is 4. The number of methoxy groups -OCH3 is 1. The second-order valence-electron chi connectivity index (χ2n) is 6.46. The average molecular weight is 344 g/mol. The highest BCUT2D eigenvalue weighted by molar-refractivity contribution is 5.56. The number of para-hydroxylation sites is 1. The topological polar surface area (TPSA) is 72.6 Å². The van der Waals surface area contributed by atoms with Gasteiger partial charge in [0.2, 0.25) is 6.79 Å². The van der Waals surface area contributed by atoms with Gasteiger partial charge in [-0.1, -0.05) is 6.07 Å². The van der Waals surface area contributed by atoms with Crippen molar-refractivity contribution in [1.29, 1.82) is 0 Å². The average Bonchev–Trinajstić information content (AvgIpc) is 3.28. The largest absolute Gasteiger partial charge is 0.507 e. The van der Waals surface area contributed by atoms with E-state index in [1.54, 1.807) is 12.1 Å². The minimum Gasteiger partial charge on any atom is -0.507 e. The normalized spacial score (nSPS) is 17.6. The van der Waals surface area contributed by atoms with Gasteiger partial charge in [-0.25, -0.2) is 0 Å². The monoisotopic (exact) mass is 344 g/mol. The number of fused-ring (bicyclic) bond motifs is 1. The summed E-state index contributed by atoms with van der Waals surface area (Å²) in [5.74, 6) is 1.87. The molecule has 0 bridgehead atoms. The van der Waals surface area contributed by atoms with Gasteiger partial charge in [-0.2, -0.15) is 0 Å². The maximum Gasteiger partial charge on any atom is 0.231 e. The highest BCUT2D eigenvalue weighted by atomic mass is 16.7. The molecule has 6 nitrogen and oxygen atoms in total. The highest BCUT2D eigenvalue weighted by Crippen LogP contribution is 2.43. The molecule has 0 aliphatic carbocycles. The number of aromatic hydroxyl groups is 2. The van der Waals surface area contributed by atoms with Crippen LogP contribution >= 0.6 is 0 Å². The molecule has 2 aromatic carbocycles. The molecule has 0 radical (unpaired) electrons. The van der Waals surface area contributed by atoms with Gasteiger partial charge in [0.15, 0.2) is 23.0 Å². The first-order valence-corrected chi connectivity index (χ1v) is 8.52. The minimum atomic E-state index is -0.202. The summed E-state index contributed by atoms with van der Waals surface area (Å²) in [7, 11) is 1.54. The fraction of sp³-hybridized carbons (Fsp3) is 0.368. The number of nitrogens with one attached hydrogen (secondary N) is 1. The Morgan fingerprint density at radius 1 is 1.04 bits per heavy atom. The van der Waals surface area contributed by atoms with Crippen LogP contribution in [0.2, 0.25) is 0 Å². The van der Waals surface area contributed by atoms with E-state index in [-0.39, 0.29) is 24.3 Å². The number of hydrogen-bond donors (Lipinski definition) is 3. The first-order valence-electron chi connectivity index (χ1n) is 8.52. The van der Waals surface area contributed by atoms with Gasteiger partial charge in [-0.15, -0.1) is 0 Å². The summed E-state index contributed by atoms with van der Waals surface area (Å²) >= 11 is 0. The Kier molecular flexibility index (Phi) is 4.05. The van der Waals surface area contributed by atoms with E-state index >= 15 is 0 Å². The summed E-state index contributed by atoms with van der Waals surface area (Å²) < 4.78 is 16.1. The molecule has 0 amide bonds. The molecular formula is C19H22NO5+. The summed E-state index contributed by atoms with van der Waals surface area (Å²) in [5, 5.41) is 21.3. The van der Waals surface area contributed by atoms with Gasteiger partial charge in [0.25, 0.3) is 0 Å². The summed E-state index contributed by atoms with van der Waals surface area (Å²) in [5.41, 5.74) is 1.47. The molecule has 2 aliphatic heterocycles. The van der Waals surface area contributed by atoms with Crippen LogP contribution in [0.1, 0.15) is 30.0 Å². The van der Waals surface area contributed by atoms with Gasteiger partial charge in [-0.05, 0) is 18.2 Å². The van der Waals surface area contributed by atoms with Crippen LogP contribution in [0.15, 0.2) is 30.3 Å². The van der Waals surface area contributed by atoms with Crippen LogP contribution in [0.3, 0.4) is 0 Å². The summed E-state index contributed by atoms with van der Waals surface area (Å²) in [6.07, 6.45) is 2.25. The molecule has 25 heavy (non-hydrogen) atoms. The molecule has 6 heteroatoms. The summed E-state index contributed by atoms with van der Waals surface area (Å²) in [6.45, 7) is 2.12. The number of quaternary nitrogens is 1. The molecule has 0 unspecified atom stereocenters. The Bertz CT molecular complexity index is 786. The Labute approximate surface area is 146 Å². The van der Waals surface area contributed by atoms with E-state index in [0.29, 0.717) is 17.2 Å². The molecule has 4 rings (SSSR count). The summed E-state index contributed by atoms with van der Waals surface area (Å²) in [6, 6.07) is 8.70. The molecule has 2 aliphatic rings. The molecular weight excluding hydrogens is 322 g/mol. The van der Waals surface area contributed by atoms with Crippen LogP contribution in [0.5, 0.6) is 28.7 Å². The van der Waals surface area contributed by atoms with Crippen LogP contribution in [0, 0.1) is 0 Å². The fourth-order valence-corrected chi connectivity index (χ4v) is 3.84. The first kappa shape index (κ1) is 15.9. The van der Waals surface area contributed by atoms with Gasteiger partial charge in [0.05, 0.1) is 31.3 Å². The van der Waals surface area contributed by atoms with E-state index in [4.69, 9.17) is 14.2 Å². The maximum absolute atomic E-state index is 10.7. The predicted octanol–water partition coefficient (Wildman–Crippen LogP) is 1.60. The van der Waals surface area contributed by atoms with E-state index in [0.717, 1.165) is 37.1 Å². The van der Waals surface area contributed by atoms with Gasteiger partial charge in [0.1, 0.15) is 11.8 Å². The van der Waals surface area contributed by atoms with Gasteiger partial charge >= 0.3 is 0 Å². The van der Waals surface area contributed by atoms with Crippen LogP contribution < -0.4 is 19.1 Å². The van der Waals surface area contributed by atoms with Crippen molar-refractivity contribution in [3.05, 3.63) is 41.5 Å². The van der Waals surface area contributed by atoms with E-state index in [1.807, 2.05) is 18.2 Å². The number of benzene rings is 2. The van der Waals surface area contributed by atoms with Crippen molar-refractivity contribution in [3.8, 4) is 28.7 Å². The molecule has 132 valence electrons. The fourth-order valence-electron chi connectivity index (χ4n) is 3.84. The number of likely N-dealkylation sites (tertiary alicyclic amines) is 1. The third-order valence-electron chi connectivity index (χ3n) is 5.05. The lowest BCUT2D eigenvalue weighted by molar-refractivity contribution is -0.913. The van der Waals surface area contributed by atoms with Gasteiger partial charge in [0, 0.05) is 18.9 Å². The van der Waals surface area contributed by atoms with Crippen molar-refractivity contribution in [2.45, 2.75) is 18.9 Å². The van der Waals surface area contributed by atoms with Crippen molar-refractivity contribution >= 4 is 0 Å². The first-order chi connectivity index (χ1) is 12.2. The highest BCUT2D eigenvalue weighted by Gasteiger charge is 2.35. The Morgan fingerprint density at radius 2 is 1.76 bits per heavy atom. The van der Waals surface area contributed by atoms with E-state index in [9.17, 15) is 10.2 Å². The van der Waals surface area contributed by atoms with Crippen LogP contribution in [-0.2, 0) is 0 Å².